The number of aliphatic hydroxyl groups is 6. The first-order valence-corrected chi connectivity index (χ1v) is 4.61. The Hall–Kier alpha value is -0.610. The minimum absolute atomic E-state index is 0.404. The predicted molar refractivity (Wildman–Crippen MR) is 51.2 cm³/mol. The van der Waals surface area contributed by atoms with E-state index in [2.05, 4.69) is 0 Å². The van der Waals surface area contributed by atoms with E-state index in [0.717, 1.165) is 0 Å². The Labute approximate surface area is 91.6 Å². The quantitative estimate of drug-likeness (QED) is 0.233. The van der Waals surface area contributed by atoms with E-state index in [9.17, 15) is 9.90 Å². The van der Waals surface area contributed by atoms with Crippen molar-refractivity contribution >= 4 is 5.78 Å². The van der Waals surface area contributed by atoms with Gasteiger partial charge in [0.25, 0.3) is 0 Å². The Morgan fingerprint density at radius 2 is 1.50 bits per heavy atom. The highest BCUT2D eigenvalue weighted by Crippen LogP contribution is 2.06. The van der Waals surface area contributed by atoms with Gasteiger partial charge in [-0.1, -0.05) is 0 Å². The van der Waals surface area contributed by atoms with Crippen LogP contribution in [-0.4, -0.2) is 80.1 Å². The van der Waals surface area contributed by atoms with E-state index < -0.39 is 49.5 Å². The fraction of sp³-hybridized carbons (Fsp3) is 0.875. The molecule has 0 saturated carbocycles. The van der Waals surface area contributed by atoms with E-state index in [1.54, 1.807) is 0 Å². The topological polar surface area (TPSA) is 164 Å². The summed E-state index contributed by atoms with van der Waals surface area (Å²) in [7, 11) is 0. The van der Waals surface area contributed by atoms with Crippen molar-refractivity contribution in [2.75, 3.05) is 13.2 Å². The van der Waals surface area contributed by atoms with Crippen LogP contribution in [0.25, 0.3) is 0 Å². The molecule has 0 bridgehead atoms. The second kappa shape index (κ2) is 6.86. The lowest BCUT2D eigenvalue weighted by Gasteiger charge is -2.23. The maximum atomic E-state index is 11.2. The van der Waals surface area contributed by atoms with Gasteiger partial charge in [-0.15, -0.1) is 0 Å². The molecule has 0 amide bonds. The van der Waals surface area contributed by atoms with Gasteiger partial charge in [-0.05, 0) is 0 Å². The lowest BCUT2D eigenvalue weighted by Crippen LogP contribution is -2.51. The zero-order valence-electron chi connectivity index (χ0n) is 8.47. The Kier molecular flexibility index (Phi) is 6.60. The molecule has 0 radical (unpaired) electrons. The van der Waals surface area contributed by atoms with Crippen LogP contribution in [0.3, 0.4) is 0 Å². The second-order valence-corrected chi connectivity index (χ2v) is 3.34. The lowest BCUT2D eigenvalue weighted by atomic mass is 9.98. The van der Waals surface area contributed by atoms with Gasteiger partial charge in [0, 0.05) is 6.54 Å². The van der Waals surface area contributed by atoms with Crippen molar-refractivity contribution in [3.8, 4) is 0 Å². The molecule has 0 heterocycles. The SMILES string of the molecule is NC[C@H](O)[C@@H](O)C(=O)[C@H](O)[C@@H](O)C(O)CO. The highest BCUT2D eigenvalue weighted by Gasteiger charge is 2.35. The summed E-state index contributed by atoms with van der Waals surface area (Å²) < 4.78 is 0. The normalized spacial score (nSPS) is 20.9. The van der Waals surface area contributed by atoms with E-state index in [0.29, 0.717) is 0 Å². The molecular weight excluding hydrogens is 222 g/mol. The molecule has 0 fully saturated rings. The number of aliphatic hydroxyl groups excluding tert-OH is 6. The number of nitrogens with two attached hydrogens (primary N) is 1. The van der Waals surface area contributed by atoms with Gasteiger partial charge < -0.3 is 36.4 Å². The Morgan fingerprint density at radius 3 is 1.88 bits per heavy atom. The maximum absolute atomic E-state index is 11.2. The van der Waals surface area contributed by atoms with Crippen molar-refractivity contribution in [3.63, 3.8) is 0 Å². The van der Waals surface area contributed by atoms with Gasteiger partial charge in [-0.3, -0.25) is 4.79 Å². The van der Waals surface area contributed by atoms with Crippen LogP contribution in [0.2, 0.25) is 0 Å². The number of ketones is 1. The third kappa shape index (κ3) is 3.76. The third-order valence-corrected chi connectivity index (χ3v) is 2.09. The highest BCUT2D eigenvalue weighted by molar-refractivity contribution is 5.88. The summed E-state index contributed by atoms with van der Waals surface area (Å²) in [5.41, 5.74) is 4.98. The average Bonchev–Trinajstić information content (AvgIpc) is 2.32. The monoisotopic (exact) mass is 239 g/mol. The maximum Gasteiger partial charge on any atom is 0.195 e. The molecule has 5 atom stereocenters. The first kappa shape index (κ1) is 15.4. The zero-order valence-corrected chi connectivity index (χ0v) is 8.47. The summed E-state index contributed by atoms with van der Waals surface area (Å²) in [5, 5.41) is 54.0. The minimum Gasteiger partial charge on any atom is -0.394 e. The molecule has 8 nitrogen and oxygen atoms in total. The van der Waals surface area contributed by atoms with Crippen LogP contribution in [0.5, 0.6) is 0 Å². The first-order valence-electron chi connectivity index (χ1n) is 4.61. The van der Waals surface area contributed by atoms with Gasteiger partial charge in [-0.25, -0.2) is 0 Å². The number of hydrogen-bond donors (Lipinski definition) is 7. The van der Waals surface area contributed by atoms with Crippen LogP contribution >= 0.6 is 0 Å². The number of rotatable bonds is 7. The Balaban J connectivity index is 4.48. The van der Waals surface area contributed by atoms with Gasteiger partial charge in [0.1, 0.15) is 24.4 Å². The number of Topliss-reactive ketones (excluding diaryl/α,β-unsaturated/α-hetero) is 1. The Morgan fingerprint density at radius 1 is 1.00 bits per heavy atom. The average molecular weight is 239 g/mol. The van der Waals surface area contributed by atoms with E-state index in [4.69, 9.17) is 31.3 Å². The molecule has 0 aromatic rings. The molecular formula is C8H17NO7. The van der Waals surface area contributed by atoms with Gasteiger partial charge in [0.05, 0.1) is 12.7 Å². The smallest absolute Gasteiger partial charge is 0.195 e. The fourth-order valence-electron chi connectivity index (χ4n) is 0.980. The van der Waals surface area contributed by atoms with Crippen LogP contribution in [0, 0.1) is 0 Å². The zero-order chi connectivity index (χ0) is 12.9. The van der Waals surface area contributed by atoms with Crippen LogP contribution in [0.1, 0.15) is 0 Å². The van der Waals surface area contributed by atoms with E-state index in [-0.39, 0.29) is 0 Å². The fourth-order valence-corrected chi connectivity index (χ4v) is 0.980. The largest absolute Gasteiger partial charge is 0.394 e. The molecule has 0 aliphatic carbocycles. The number of carbonyl (C=O) groups excluding carboxylic acids is 1. The van der Waals surface area contributed by atoms with Gasteiger partial charge >= 0.3 is 0 Å². The molecule has 96 valence electrons. The van der Waals surface area contributed by atoms with Crippen LogP contribution in [0.4, 0.5) is 0 Å². The van der Waals surface area contributed by atoms with E-state index >= 15 is 0 Å². The van der Waals surface area contributed by atoms with Crippen molar-refractivity contribution < 1.29 is 35.4 Å². The summed E-state index contributed by atoms with van der Waals surface area (Å²) in [6, 6.07) is 0. The standard InChI is InChI=1S/C8H17NO7/c9-1-3(11)5(13)7(15)8(16)6(14)4(12)2-10/h3-6,8,10-14,16H,1-2,9H2/t3-,4?,5+,6-,8+/m0/s1. The summed E-state index contributed by atoms with van der Waals surface area (Å²) in [6.45, 7) is -1.26. The summed E-state index contributed by atoms with van der Waals surface area (Å²) in [5.74, 6) is -1.28. The number of hydrogen-bond acceptors (Lipinski definition) is 8. The second-order valence-electron chi connectivity index (χ2n) is 3.34. The molecule has 0 saturated heterocycles. The third-order valence-electron chi connectivity index (χ3n) is 2.09. The van der Waals surface area contributed by atoms with Crippen molar-refractivity contribution in [3.05, 3.63) is 0 Å². The molecule has 8 heteroatoms. The minimum atomic E-state index is -2.11. The van der Waals surface area contributed by atoms with Gasteiger partial charge in [0.2, 0.25) is 0 Å². The predicted octanol–water partition coefficient (Wildman–Crippen LogP) is -4.69. The van der Waals surface area contributed by atoms with Crippen LogP contribution in [-0.2, 0) is 4.79 Å². The molecule has 0 aliphatic rings. The molecule has 0 aromatic carbocycles. The molecule has 8 N–H and O–H groups in total. The summed E-state index contributed by atoms with van der Waals surface area (Å²) in [6.07, 6.45) is -9.31. The van der Waals surface area contributed by atoms with Crippen molar-refractivity contribution in [1.82, 2.24) is 0 Å². The van der Waals surface area contributed by atoms with Crippen molar-refractivity contribution in [2.24, 2.45) is 5.73 Å². The summed E-state index contributed by atoms with van der Waals surface area (Å²) >= 11 is 0. The molecule has 0 aromatic heterocycles. The molecule has 0 spiro atoms. The van der Waals surface area contributed by atoms with Crippen LogP contribution < -0.4 is 5.73 Å². The molecule has 16 heavy (non-hydrogen) atoms. The molecule has 0 aliphatic heterocycles. The van der Waals surface area contributed by atoms with E-state index in [1.807, 2.05) is 0 Å². The molecule has 0 rings (SSSR count). The van der Waals surface area contributed by atoms with Gasteiger partial charge in [-0.2, -0.15) is 0 Å². The van der Waals surface area contributed by atoms with Crippen molar-refractivity contribution in [1.29, 1.82) is 0 Å². The summed E-state index contributed by atoms with van der Waals surface area (Å²) in [4.78, 5) is 11.2. The first-order chi connectivity index (χ1) is 7.36. The highest BCUT2D eigenvalue weighted by atomic mass is 16.4. The van der Waals surface area contributed by atoms with Crippen molar-refractivity contribution in [2.45, 2.75) is 30.5 Å². The van der Waals surface area contributed by atoms with E-state index in [1.165, 1.54) is 0 Å². The lowest BCUT2D eigenvalue weighted by molar-refractivity contribution is -0.153. The Bertz CT molecular complexity index is 224. The molecule has 1 unspecified atom stereocenters. The van der Waals surface area contributed by atoms with Crippen LogP contribution in [0.15, 0.2) is 0 Å². The van der Waals surface area contributed by atoms with Gasteiger partial charge in [0.15, 0.2) is 5.78 Å². The number of carbonyl (C=O) groups is 1.